The van der Waals surface area contributed by atoms with Crippen LogP contribution in [-0.4, -0.2) is 34.5 Å². The fourth-order valence-electron chi connectivity index (χ4n) is 2.53. The molecule has 1 aliphatic rings. The zero-order valence-electron chi connectivity index (χ0n) is 10.9. The van der Waals surface area contributed by atoms with Crippen molar-refractivity contribution in [1.29, 1.82) is 0 Å². The molecule has 1 saturated heterocycles. The summed E-state index contributed by atoms with van der Waals surface area (Å²) in [6, 6.07) is 8.23. The molecular weight excluding hydrogens is 242 g/mol. The first-order valence-electron chi connectivity index (χ1n) is 6.79. The second-order valence-electron chi connectivity index (χ2n) is 4.92. The molecule has 1 N–H and O–H groups in total. The minimum absolute atomic E-state index is 0.171. The van der Waals surface area contributed by atoms with Crippen LogP contribution in [0.2, 0.25) is 0 Å². The Morgan fingerprint density at radius 2 is 1.74 bits per heavy atom. The lowest BCUT2D eigenvalue weighted by molar-refractivity contribution is -0.142. The summed E-state index contributed by atoms with van der Waals surface area (Å²) < 4.78 is 0. The van der Waals surface area contributed by atoms with Crippen molar-refractivity contribution >= 4 is 11.9 Å². The average molecular weight is 261 g/mol. The molecule has 2 rings (SSSR count). The van der Waals surface area contributed by atoms with Crippen molar-refractivity contribution in [3.63, 3.8) is 0 Å². The van der Waals surface area contributed by atoms with Crippen LogP contribution >= 0.6 is 0 Å². The molecule has 0 aliphatic carbocycles. The maximum absolute atomic E-state index is 12.4. The van der Waals surface area contributed by atoms with Crippen LogP contribution in [0.5, 0.6) is 0 Å². The molecule has 0 radical (unpaired) electrons. The molecule has 1 unspecified atom stereocenters. The minimum atomic E-state index is -0.897. The van der Waals surface area contributed by atoms with Gasteiger partial charge in [-0.3, -0.25) is 4.79 Å². The average Bonchev–Trinajstić information content (AvgIpc) is 2.38. The summed E-state index contributed by atoms with van der Waals surface area (Å²) >= 11 is 0. The minimum Gasteiger partial charge on any atom is -0.480 e. The second-order valence-corrected chi connectivity index (χ2v) is 4.92. The first-order chi connectivity index (χ1) is 9.20. The van der Waals surface area contributed by atoms with Crippen LogP contribution in [0.25, 0.3) is 0 Å². The third kappa shape index (κ3) is 3.34. The molecule has 1 atom stereocenters. The van der Waals surface area contributed by atoms with Gasteiger partial charge in [-0.15, -0.1) is 0 Å². The number of hydrogen-bond acceptors (Lipinski definition) is 2. The van der Waals surface area contributed by atoms with Crippen LogP contribution in [0, 0.1) is 0 Å². The van der Waals surface area contributed by atoms with Gasteiger partial charge >= 0.3 is 5.97 Å². The standard InChI is InChI=1S/C15H19NO3/c17-14(12-8-4-3-5-9-12)16-11-7-2-1-6-10-13(16)15(18)19/h3-5,8-9,13H,1-2,6-7,10-11H2,(H,18,19). The van der Waals surface area contributed by atoms with Gasteiger partial charge in [0, 0.05) is 12.1 Å². The summed E-state index contributed by atoms with van der Waals surface area (Å²) in [5, 5.41) is 9.33. The fraction of sp³-hybridized carbons (Fsp3) is 0.467. The number of aliphatic carboxylic acids is 1. The van der Waals surface area contributed by atoms with Crippen molar-refractivity contribution in [3.8, 4) is 0 Å². The SMILES string of the molecule is O=C(O)C1CCCCCCN1C(=O)c1ccccc1. The fourth-order valence-corrected chi connectivity index (χ4v) is 2.53. The Balaban J connectivity index is 2.21. The molecule has 4 heteroatoms. The highest BCUT2D eigenvalue weighted by molar-refractivity contribution is 5.96. The Labute approximate surface area is 113 Å². The Hall–Kier alpha value is -1.84. The Morgan fingerprint density at radius 3 is 2.42 bits per heavy atom. The summed E-state index contributed by atoms with van der Waals surface area (Å²) in [6.45, 7) is 0.532. The highest BCUT2D eigenvalue weighted by atomic mass is 16.4. The lowest BCUT2D eigenvalue weighted by Crippen LogP contribution is -2.46. The van der Waals surface area contributed by atoms with E-state index in [4.69, 9.17) is 0 Å². The number of carbonyl (C=O) groups is 2. The van der Waals surface area contributed by atoms with Gasteiger partial charge in [-0.1, -0.05) is 37.5 Å². The van der Waals surface area contributed by atoms with E-state index in [2.05, 4.69) is 0 Å². The summed E-state index contributed by atoms with van der Waals surface area (Å²) in [5.41, 5.74) is 0.564. The predicted molar refractivity (Wildman–Crippen MR) is 72.0 cm³/mol. The zero-order chi connectivity index (χ0) is 13.7. The monoisotopic (exact) mass is 261 g/mol. The van der Waals surface area contributed by atoms with Crippen LogP contribution in [0.1, 0.15) is 42.5 Å². The predicted octanol–water partition coefficient (Wildman–Crippen LogP) is 2.55. The van der Waals surface area contributed by atoms with Gasteiger partial charge in [-0.05, 0) is 25.0 Å². The van der Waals surface area contributed by atoms with Gasteiger partial charge < -0.3 is 10.0 Å². The van der Waals surface area contributed by atoms with E-state index in [1.807, 2.05) is 6.07 Å². The maximum Gasteiger partial charge on any atom is 0.326 e. The van der Waals surface area contributed by atoms with Crippen LogP contribution in [0.4, 0.5) is 0 Å². The normalized spacial score (nSPS) is 20.4. The molecule has 1 aromatic carbocycles. The second kappa shape index (κ2) is 6.36. The zero-order valence-corrected chi connectivity index (χ0v) is 10.9. The van der Waals surface area contributed by atoms with Crippen LogP contribution in [0.15, 0.2) is 30.3 Å². The smallest absolute Gasteiger partial charge is 0.326 e. The number of benzene rings is 1. The van der Waals surface area contributed by atoms with Gasteiger partial charge in [0.25, 0.3) is 5.91 Å². The molecule has 0 spiro atoms. The summed E-state index contributed by atoms with van der Waals surface area (Å²) in [7, 11) is 0. The third-order valence-corrected chi connectivity index (χ3v) is 3.57. The number of likely N-dealkylation sites (tertiary alicyclic amines) is 1. The van der Waals surface area contributed by atoms with Crippen LogP contribution < -0.4 is 0 Å². The molecule has 1 heterocycles. The largest absolute Gasteiger partial charge is 0.480 e. The lowest BCUT2D eigenvalue weighted by Gasteiger charge is -2.31. The van der Waals surface area contributed by atoms with Crippen molar-refractivity contribution in [2.45, 2.75) is 38.1 Å². The highest BCUT2D eigenvalue weighted by Gasteiger charge is 2.30. The van der Waals surface area contributed by atoms with Gasteiger partial charge in [-0.2, -0.15) is 0 Å². The van der Waals surface area contributed by atoms with E-state index in [0.29, 0.717) is 18.5 Å². The number of carboxylic acids is 1. The van der Waals surface area contributed by atoms with Crippen molar-refractivity contribution in [1.82, 2.24) is 4.90 Å². The van der Waals surface area contributed by atoms with Crippen LogP contribution in [0.3, 0.4) is 0 Å². The van der Waals surface area contributed by atoms with Gasteiger partial charge in [-0.25, -0.2) is 4.79 Å². The van der Waals surface area contributed by atoms with Crippen molar-refractivity contribution in [3.05, 3.63) is 35.9 Å². The van der Waals surface area contributed by atoms with Gasteiger partial charge in [0.05, 0.1) is 0 Å². The van der Waals surface area contributed by atoms with E-state index in [0.717, 1.165) is 25.7 Å². The molecule has 19 heavy (non-hydrogen) atoms. The molecule has 1 aromatic rings. The molecule has 0 bridgehead atoms. The maximum atomic E-state index is 12.4. The van der Waals surface area contributed by atoms with Crippen LogP contribution in [-0.2, 0) is 4.79 Å². The van der Waals surface area contributed by atoms with E-state index in [9.17, 15) is 14.7 Å². The van der Waals surface area contributed by atoms with Crippen molar-refractivity contribution in [2.24, 2.45) is 0 Å². The van der Waals surface area contributed by atoms with Gasteiger partial charge in [0.15, 0.2) is 0 Å². The number of hydrogen-bond donors (Lipinski definition) is 1. The Kier molecular flexibility index (Phi) is 4.55. The molecular formula is C15H19NO3. The third-order valence-electron chi connectivity index (χ3n) is 3.57. The first-order valence-corrected chi connectivity index (χ1v) is 6.79. The summed E-state index contributed by atoms with van der Waals surface area (Å²) in [5.74, 6) is -1.07. The summed E-state index contributed by atoms with van der Waals surface area (Å²) in [4.78, 5) is 25.3. The number of nitrogens with zero attached hydrogens (tertiary/aromatic N) is 1. The van der Waals surface area contributed by atoms with E-state index < -0.39 is 12.0 Å². The Bertz CT molecular complexity index is 444. The quantitative estimate of drug-likeness (QED) is 0.890. The number of carboxylic acid groups (broad SMARTS) is 1. The van der Waals surface area contributed by atoms with E-state index >= 15 is 0 Å². The molecule has 4 nitrogen and oxygen atoms in total. The Morgan fingerprint density at radius 1 is 1.05 bits per heavy atom. The number of carbonyl (C=O) groups excluding carboxylic acids is 1. The topological polar surface area (TPSA) is 57.6 Å². The van der Waals surface area contributed by atoms with Crippen molar-refractivity contribution < 1.29 is 14.7 Å². The molecule has 1 fully saturated rings. The molecule has 102 valence electrons. The molecule has 0 saturated carbocycles. The molecule has 1 aliphatic heterocycles. The lowest BCUT2D eigenvalue weighted by atomic mass is 10.0. The molecule has 1 amide bonds. The van der Waals surface area contributed by atoms with E-state index in [-0.39, 0.29) is 5.91 Å². The summed E-state index contributed by atoms with van der Waals surface area (Å²) in [6.07, 6.45) is 4.41. The van der Waals surface area contributed by atoms with Crippen molar-refractivity contribution in [2.75, 3.05) is 6.54 Å². The number of amides is 1. The first kappa shape index (κ1) is 13.6. The van der Waals surface area contributed by atoms with Gasteiger partial charge in [0.2, 0.25) is 0 Å². The highest BCUT2D eigenvalue weighted by Crippen LogP contribution is 2.19. The number of rotatable bonds is 2. The van der Waals surface area contributed by atoms with E-state index in [1.165, 1.54) is 4.90 Å². The van der Waals surface area contributed by atoms with E-state index in [1.54, 1.807) is 24.3 Å². The van der Waals surface area contributed by atoms with Gasteiger partial charge in [0.1, 0.15) is 6.04 Å². The molecule has 0 aromatic heterocycles.